The molecule has 0 amide bonds. The van der Waals surface area contributed by atoms with Gasteiger partial charge >= 0.3 is 0 Å². The van der Waals surface area contributed by atoms with Gasteiger partial charge in [0.15, 0.2) is 0 Å². The summed E-state index contributed by atoms with van der Waals surface area (Å²) in [6, 6.07) is 1.70. The van der Waals surface area contributed by atoms with Gasteiger partial charge in [-0.15, -0.1) is 0 Å². The lowest BCUT2D eigenvalue weighted by Gasteiger charge is -2.18. The van der Waals surface area contributed by atoms with Gasteiger partial charge in [0.1, 0.15) is 12.2 Å². The summed E-state index contributed by atoms with van der Waals surface area (Å²) in [6.45, 7) is 2.99. The maximum atomic E-state index is 6.25. The molecule has 0 aromatic carbocycles. The molecular weight excluding hydrogens is 297 g/mol. The Hall–Kier alpha value is -1.17. The molecule has 2 rings (SSSR count). The fourth-order valence-electron chi connectivity index (χ4n) is 1.95. The van der Waals surface area contributed by atoms with Crippen LogP contribution in [0.1, 0.15) is 30.9 Å². The number of aromatic nitrogens is 4. The number of rotatable bonds is 6. The van der Waals surface area contributed by atoms with E-state index in [2.05, 4.69) is 27.3 Å². The van der Waals surface area contributed by atoms with Crippen LogP contribution >= 0.6 is 23.2 Å². The Labute approximate surface area is 128 Å². The highest BCUT2D eigenvalue weighted by atomic mass is 35.5. The van der Waals surface area contributed by atoms with Crippen LogP contribution in [0.4, 0.5) is 0 Å². The number of nitrogens with zero attached hydrogens (tertiary/aromatic N) is 4. The summed E-state index contributed by atoms with van der Waals surface area (Å²) in [5.41, 5.74) is 0.785. The molecule has 0 saturated heterocycles. The molecule has 2 heterocycles. The molecule has 2 aromatic heterocycles. The predicted octanol–water partition coefficient (Wildman–Crippen LogP) is 2.80. The second-order valence-electron chi connectivity index (χ2n) is 4.53. The average Bonchev–Trinajstić information content (AvgIpc) is 2.80. The SMILES string of the molecule is CCCNC(Cc1ncnn1C)c1ncc(Cl)cc1Cl. The molecule has 108 valence electrons. The fourth-order valence-corrected chi connectivity index (χ4v) is 2.46. The van der Waals surface area contributed by atoms with E-state index < -0.39 is 0 Å². The molecule has 0 saturated carbocycles. The van der Waals surface area contributed by atoms with E-state index in [0.717, 1.165) is 24.5 Å². The van der Waals surface area contributed by atoms with E-state index in [-0.39, 0.29) is 6.04 Å². The number of halogens is 2. The third-order valence-corrected chi connectivity index (χ3v) is 3.51. The van der Waals surface area contributed by atoms with Crippen LogP contribution in [0.2, 0.25) is 10.0 Å². The highest BCUT2D eigenvalue weighted by Gasteiger charge is 2.19. The molecule has 0 aliphatic heterocycles. The van der Waals surface area contributed by atoms with Gasteiger partial charge in [-0.05, 0) is 19.0 Å². The van der Waals surface area contributed by atoms with Crippen molar-refractivity contribution in [1.82, 2.24) is 25.1 Å². The lowest BCUT2D eigenvalue weighted by molar-refractivity contribution is 0.497. The minimum Gasteiger partial charge on any atom is -0.308 e. The second-order valence-corrected chi connectivity index (χ2v) is 5.37. The van der Waals surface area contributed by atoms with Crippen LogP contribution in [0.15, 0.2) is 18.6 Å². The van der Waals surface area contributed by atoms with Gasteiger partial charge in [-0.1, -0.05) is 30.1 Å². The predicted molar refractivity (Wildman–Crippen MR) is 80.0 cm³/mol. The van der Waals surface area contributed by atoms with Crippen LogP contribution in [0.25, 0.3) is 0 Å². The maximum absolute atomic E-state index is 6.25. The minimum absolute atomic E-state index is 0.0115. The van der Waals surface area contributed by atoms with Gasteiger partial charge in [-0.2, -0.15) is 5.10 Å². The third-order valence-electron chi connectivity index (χ3n) is 3.00. The summed E-state index contributed by atoms with van der Waals surface area (Å²) in [4.78, 5) is 8.61. The van der Waals surface area contributed by atoms with Crippen LogP contribution in [0, 0.1) is 0 Å². The first-order valence-corrected chi connectivity index (χ1v) is 7.24. The van der Waals surface area contributed by atoms with Gasteiger partial charge in [0, 0.05) is 19.7 Å². The minimum atomic E-state index is -0.0115. The van der Waals surface area contributed by atoms with Crippen molar-refractivity contribution in [3.8, 4) is 0 Å². The summed E-state index contributed by atoms with van der Waals surface area (Å²) in [7, 11) is 1.87. The molecule has 0 bridgehead atoms. The average molecular weight is 314 g/mol. The van der Waals surface area contributed by atoms with Gasteiger partial charge in [-0.3, -0.25) is 9.67 Å². The molecule has 1 N–H and O–H groups in total. The first-order valence-electron chi connectivity index (χ1n) is 6.49. The van der Waals surface area contributed by atoms with Gasteiger partial charge in [-0.25, -0.2) is 4.98 Å². The van der Waals surface area contributed by atoms with E-state index in [4.69, 9.17) is 23.2 Å². The first kappa shape index (κ1) is 15.2. The number of hydrogen-bond donors (Lipinski definition) is 1. The molecule has 0 radical (unpaired) electrons. The molecule has 0 aliphatic rings. The van der Waals surface area contributed by atoms with E-state index in [0.29, 0.717) is 16.5 Å². The van der Waals surface area contributed by atoms with Crippen LogP contribution in [0.5, 0.6) is 0 Å². The summed E-state index contributed by atoms with van der Waals surface area (Å²) >= 11 is 12.2. The number of pyridine rings is 1. The van der Waals surface area contributed by atoms with Crippen LogP contribution in [0.3, 0.4) is 0 Å². The molecule has 1 unspecified atom stereocenters. The Bertz CT molecular complexity index is 570. The van der Waals surface area contributed by atoms with Gasteiger partial charge in [0.2, 0.25) is 0 Å². The quantitative estimate of drug-likeness (QED) is 0.891. The lowest BCUT2D eigenvalue weighted by Crippen LogP contribution is -2.26. The van der Waals surface area contributed by atoms with E-state index in [1.165, 1.54) is 0 Å². The van der Waals surface area contributed by atoms with Crippen molar-refractivity contribution >= 4 is 23.2 Å². The van der Waals surface area contributed by atoms with Crippen molar-refractivity contribution < 1.29 is 0 Å². The van der Waals surface area contributed by atoms with Gasteiger partial charge in [0.25, 0.3) is 0 Å². The standard InChI is InChI=1S/C13H17Cl2N5/c1-3-4-16-11(6-12-18-8-19-20(12)2)13-10(15)5-9(14)7-17-13/h5,7-8,11,16H,3-4,6H2,1-2H3. The number of nitrogens with one attached hydrogen (secondary N) is 1. The van der Waals surface area contributed by atoms with Crippen LogP contribution in [-0.4, -0.2) is 26.3 Å². The maximum Gasteiger partial charge on any atom is 0.138 e. The molecule has 0 aliphatic carbocycles. The van der Waals surface area contributed by atoms with E-state index in [9.17, 15) is 0 Å². The zero-order valence-corrected chi connectivity index (χ0v) is 13.0. The zero-order chi connectivity index (χ0) is 14.5. The van der Waals surface area contributed by atoms with Crippen molar-refractivity contribution in [2.75, 3.05) is 6.54 Å². The van der Waals surface area contributed by atoms with Gasteiger partial charge in [0.05, 0.1) is 21.8 Å². The van der Waals surface area contributed by atoms with E-state index in [1.54, 1.807) is 23.3 Å². The Balaban J connectivity index is 2.24. The fraction of sp³-hybridized carbons (Fsp3) is 0.462. The van der Waals surface area contributed by atoms with Gasteiger partial charge < -0.3 is 5.32 Å². The largest absolute Gasteiger partial charge is 0.308 e. The number of aryl methyl sites for hydroxylation is 1. The molecule has 20 heavy (non-hydrogen) atoms. The first-order chi connectivity index (χ1) is 9.61. The molecule has 7 heteroatoms. The van der Waals surface area contributed by atoms with Crippen LogP contribution < -0.4 is 5.32 Å². The Morgan fingerprint density at radius 1 is 1.35 bits per heavy atom. The second kappa shape index (κ2) is 7.02. The molecular formula is C13H17Cl2N5. The summed E-state index contributed by atoms with van der Waals surface area (Å²) in [6.07, 6.45) is 4.86. The molecule has 2 aromatic rings. The Morgan fingerprint density at radius 2 is 2.15 bits per heavy atom. The van der Waals surface area contributed by atoms with Crippen molar-refractivity contribution in [2.45, 2.75) is 25.8 Å². The Morgan fingerprint density at radius 3 is 2.75 bits per heavy atom. The molecule has 1 atom stereocenters. The Kier molecular flexibility index (Phi) is 5.34. The summed E-state index contributed by atoms with van der Waals surface area (Å²) in [5.74, 6) is 0.881. The monoisotopic (exact) mass is 313 g/mol. The topological polar surface area (TPSA) is 55.6 Å². The van der Waals surface area contributed by atoms with Crippen molar-refractivity contribution in [3.05, 3.63) is 40.2 Å². The number of hydrogen-bond acceptors (Lipinski definition) is 4. The van der Waals surface area contributed by atoms with Crippen molar-refractivity contribution in [3.63, 3.8) is 0 Å². The van der Waals surface area contributed by atoms with Crippen molar-refractivity contribution in [1.29, 1.82) is 0 Å². The highest BCUT2D eigenvalue weighted by molar-refractivity contribution is 6.34. The zero-order valence-electron chi connectivity index (χ0n) is 11.5. The van der Waals surface area contributed by atoms with E-state index in [1.807, 2.05) is 7.05 Å². The van der Waals surface area contributed by atoms with E-state index >= 15 is 0 Å². The van der Waals surface area contributed by atoms with Crippen molar-refractivity contribution in [2.24, 2.45) is 7.05 Å². The molecule has 0 spiro atoms. The summed E-state index contributed by atoms with van der Waals surface area (Å²) in [5, 5.41) is 8.62. The molecule has 0 fully saturated rings. The molecule has 5 nitrogen and oxygen atoms in total. The normalized spacial score (nSPS) is 12.6. The third kappa shape index (κ3) is 3.69. The van der Waals surface area contributed by atoms with Crippen LogP contribution in [-0.2, 0) is 13.5 Å². The smallest absolute Gasteiger partial charge is 0.138 e. The highest BCUT2D eigenvalue weighted by Crippen LogP contribution is 2.25. The summed E-state index contributed by atoms with van der Waals surface area (Å²) < 4.78 is 1.75. The lowest BCUT2D eigenvalue weighted by atomic mass is 10.1.